The minimum absolute atomic E-state index is 0.00681. The van der Waals surface area contributed by atoms with Crippen LogP contribution in [0.3, 0.4) is 0 Å². The third kappa shape index (κ3) is 3.12. The number of carboxylic acid groups (broad SMARTS) is 1. The van der Waals surface area contributed by atoms with Crippen LogP contribution in [0.2, 0.25) is 0 Å². The van der Waals surface area contributed by atoms with Gasteiger partial charge in [0.1, 0.15) is 0 Å². The average Bonchev–Trinajstić information content (AvgIpc) is 2.16. The van der Waals surface area contributed by atoms with Crippen molar-refractivity contribution in [3.8, 4) is 11.8 Å². The number of carbonyl (C=O) groups is 1. The topological polar surface area (TPSA) is 37.3 Å². The predicted molar refractivity (Wildman–Crippen MR) is 55.4 cm³/mol. The standard InChI is InChI=1S/C11H9ClO2/c12-7-3-6-9-4-1-2-5-10(9)8-11(13)14/h1-2,4-5H,7-8H2,(H,13,14). The van der Waals surface area contributed by atoms with Gasteiger partial charge in [0.15, 0.2) is 0 Å². The molecule has 1 aromatic rings. The summed E-state index contributed by atoms with van der Waals surface area (Å²) in [4.78, 5) is 10.5. The Labute approximate surface area is 87.5 Å². The highest BCUT2D eigenvalue weighted by Crippen LogP contribution is 2.07. The molecule has 0 aliphatic carbocycles. The molecule has 0 saturated heterocycles. The summed E-state index contributed by atoms with van der Waals surface area (Å²) in [7, 11) is 0. The molecule has 2 nitrogen and oxygen atoms in total. The Kier molecular flexibility index (Phi) is 4.03. The Bertz CT molecular complexity index is 388. The van der Waals surface area contributed by atoms with Crippen LogP contribution in [0.25, 0.3) is 0 Å². The van der Waals surface area contributed by atoms with Gasteiger partial charge in [0.25, 0.3) is 0 Å². The summed E-state index contributed by atoms with van der Waals surface area (Å²) in [5.41, 5.74) is 1.45. The summed E-state index contributed by atoms with van der Waals surface area (Å²) in [5.74, 6) is 4.92. The molecule has 0 spiro atoms. The van der Waals surface area contributed by atoms with Crippen LogP contribution in [-0.2, 0) is 11.2 Å². The quantitative estimate of drug-likeness (QED) is 0.596. The molecule has 0 heterocycles. The Morgan fingerprint density at radius 1 is 1.43 bits per heavy atom. The van der Waals surface area contributed by atoms with Crippen LogP contribution >= 0.6 is 11.6 Å². The third-order valence-corrected chi connectivity index (χ3v) is 1.78. The summed E-state index contributed by atoms with van der Waals surface area (Å²) in [6.07, 6.45) is -0.00681. The smallest absolute Gasteiger partial charge is 0.307 e. The van der Waals surface area contributed by atoms with Gasteiger partial charge in [0.05, 0.1) is 12.3 Å². The fourth-order valence-corrected chi connectivity index (χ4v) is 1.15. The number of alkyl halides is 1. The van der Waals surface area contributed by atoms with E-state index in [9.17, 15) is 4.79 Å². The molecule has 0 radical (unpaired) electrons. The van der Waals surface area contributed by atoms with Gasteiger partial charge in [-0.15, -0.1) is 11.6 Å². The number of rotatable bonds is 2. The zero-order chi connectivity index (χ0) is 10.4. The van der Waals surface area contributed by atoms with Crippen molar-refractivity contribution in [1.29, 1.82) is 0 Å². The third-order valence-electron chi connectivity index (χ3n) is 1.65. The largest absolute Gasteiger partial charge is 0.481 e. The van der Waals surface area contributed by atoms with Crippen molar-refractivity contribution in [2.24, 2.45) is 0 Å². The first kappa shape index (κ1) is 10.6. The van der Waals surface area contributed by atoms with Crippen molar-refractivity contribution < 1.29 is 9.90 Å². The Hall–Kier alpha value is -1.46. The first-order valence-electron chi connectivity index (χ1n) is 4.08. The van der Waals surface area contributed by atoms with E-state index >= 15 is 0 Å². The van der Waals surface area contributed by atoms with Crippen LogP contribution in [0.1, 0.15) is 11.1 Å². The molecule has 0 aromatic heterocycles. The molecule has 0 aliphatic rings. The van der Waals surface area contributed by atoms with Crippen molar-refractivity contribution in [1.82, 2.24) is 0 Å². The molecule has 14 heavy (non-hydrogen) atoms. The minimum Gasteiger partial charge on any atom is -0.481 e. The first-order chi connectivity index (χ1) is 6.74. The maximum atomic E-state index is 10.5. The molecular weight excluding hydrogens is 200 g/mol. The molecule has 0 aliphatic heterocycles. The number of hydrogen-bond donors (Lipinski definition) is 1. The lowest BCUT2D eigenvalue weighted by Gasteiger charge is -1.99. The SMILES string of the molecule is O=C(O)Cc1ccccc1C#CCCl. The van der Waals surface area contributed by atoms with Gasteiger partial charge in [0.2, 0.25) is 0 Å². The molecule has 3 heteroatoms. The maximum absolute atomic E-state index is 10.5. The van der Waals surface area contributed by atoms with Gasteiger partial charge >= 0.3 is 5.97 Å². The molecular formula is C11H9ClO2. The van der Waals surface area contributed by atoms with Crippen LogP contribution in [0.4, 0.5) is 0 Å². The lowest BCUT2D eigenvalue weighted by molar-refractivity contribution is -0.136. The van der Waals surface area contributed by atoms with Crippen LogP contribution < -0.4 is 0 Å². The molecule has 0 bridgehead atoms. The molecule has 1 aromatic carbocycles. The van der Waals surface area contributed by atoms with Crippen molar-refractivity contribution in [2.75, 3.05) is 5.88 Å². The monoisotopic (exact) mass is 208 g/mol. The van der Waals surface area contributed by atoms with E-state index in [4.69, 9.17) is 16.7 Å². The fraction of sp³-hybridized carbons (Fsp3) is 0.182. The van der Waals surface area contributed by atoms with Crippen LogP contribution in [0.5, 0.6) is 0 Å². The molecule has 72 valence electrons. The van der Waals surface area contributed by atoms with E-state index in [-0.39, 0.29) is 12.3 Å². The van der Waals surface area contributed by atoms with Crippen molar-refractivity contribution in [2.45, 2.75) is 6.42 Å². The van der Waals surface area contributed by atoms with Gasteiger partial charge < -0.3 is 5.11 Å². The average molecular weight is 209 g/mol. The van der Waals surface area contributed by atoms with E-state index < -0.39 is 5.97 Å². The summed E-state index contributed by atoms with van der Waals surface area (Å²) >= 11 is 5.42. The number of carboxylic acids is 1. The molecule has 0 atom stereocenters. The second-order valence-corrected chi connectivity index (χ2v) is 2.93. The number of aliphatic carboxylic acids is 1. The van der Waals surface area contributed by atoms with Gasteiger partial charge in [-0.05, 0) is 11.6 Å². The summed E-state index contributed by atoms with van der Waals surface area (Å²) in [5, 5.41) is 8.64. The van der Waals surface area contributed by atoms with E-state index in [1.807, 2.05) is 6.07 Å². The highest BCUT2D eigenvalue weighted by Gasteiger charge is 2.03. The van der Waals surface area contributed by atoms with Crippen molar-refractivity contribution >= 4 is 17.6 Å². The van der Waals surface area contributed by atoms with Gasteiger partial charge in [-0.1, -0.05) is 30.0 Å². The fourth-order valence-electron chi connectivity index (χ4n) is 1.09. The van der Waals surface area contributed by atoms with Gasteiger partial charge in [-0.3, -0.25) is 4.79 Å². The summed E-state index contributed by atoms with van der Waals surface area (Å²) < 4.78 is 0. The molecule has 0 fully saturated rings. The predicted octanol–water partition coefficient (Wildman–Crippen LogP) is 1.90. The second-order valence-electron chi connectivity index (χ2n) is 2.66. The van der Waals surface area contributed by atoms with E-state index in [1.165, 1.54) is 0 Å². The molecule has 0 saturated carbocycles. The first-order valence-corrected chi connectivity index (χ1v) is 4.62. The van der Waals surface area contributed by atoms with Crippen LogP contribution in [0, 0.1) is 11.8 Å². The Morgan fingerprint density at radius 3 is 2.79 bits per heavy atom. The number of benzene rings is 1. The van der Waals surface area contributed by atoms with Crippen LogP contribution in [-0.4, -0.2) is 17.0 Å². The van der Waals surface area contributed by atoms with E-state index in [2.05, 4.69) is 11.8 Å². The van der Waals surface area contributed by atoms with Gasteiger partial charge in [-0.2, -0.15) is 0 Å². The number of hydrogen-bond acceptors (Lipinski definition) is 1. The van der Waals surface area contributed by atoms with Gasteiger partial charge in [-0.25, -0.2) is 0 Å². The van der Waals surface area contributed by atoms with Gasteiger partial charge in [0, 0.05) is 5.56 Å². The summed E-state index contributed by atoms with van der Waals surface area (Å²) in [6, 6.07) is 7.16. The van der Waals surface area contributed by atoms with E-state index in [1.54, 1.807) is 18.2 Å². The van der Waals surface area contributed by atoms with Crippen molar-refractivity contribution in [3.63, 3.8) is 0 Å². The molecule has 1 N–H and O–H groups in total. The Morgan fingerprint density at radius 2 is 2.14 bits per heavy atom. The number of halogens is 1. The minimum atomic E-state index is -0.856. The normalized spacial score (nSPS) is 8.93. The lowest BCUT2D eigenvalue weighted by atomic mass is 10.1. The maximum Gasteiger partial charge on any atom is 0.307 e. The second kappa shape index (κ2) is 5.31. The molecule has 1 rings (SSSR count). The molecule has 0 amide bonds. The van der Waals surface area contributed by atoms with Crippen molar-refractivity contribution in [3.05, 3.63) is 35.4 Å². The lowest BCUT2D eigenvalue weighted by Crippen LogP contribution is -2.01. The highest BCUT2D eigenvalue weighted by atomic mass is 35.5. The van der Waals surface area contributed by atoms with E-state index in [0.29, 0.717) is 0 Å². The van der Waals surface area contributed by atoms with E-state index in [0.717, 1.165) is 11.1 Å². The summed E-state index contributed by atoms with van der Waals surface area (Å²) in [6.45, 7) is 0. The van der Waals surface area contributed by atoms with Crippen LogP contribution in [0.15, 0.2) is 24.3 Å². The zero-order valence-electron chi connectivity index (χ0n) is 7.46. The zero-order valence-corrected chi connectivity index (χ0v) is 8.21. The Balaban J connectivity index is 2.96. The highest BCUT2D eigenvalue weighted by molar-refractivity contribution is 6.19. The molecule has 0 unspecified atom stereocenters.